The van der Waals surface area contributed by atoms with E-state index in [9.17, 15) is 19.1 Å². The van der Waals surface area contributed by atoms with Crippen LogP contribution in [0.15, 0.2) is 47.8 Å². The van der Waals surface area contributed by atoms with Gasteiger partial charge in [0.2, 0.25) is 5.82 Å². The van der Waals surface area contributed by atoms with Gasteiger partial charge in [0.1, 0.15) is 6.07 Å². The maximum absolute atomic E-state index is 14.7. The molecule has 6 heteroatoms. The first-order valence-electron chi connectivity index (χ1n) is 7.80. The van der Waals surface area contributed by atoms with Crippen molar-refractivity contribution in [2.45, 2.75) is 6.92 Å². The second kappa shape index (κ2) is 5.97. The van der Waals surface area contributed by atoms with Gasteiger partial charge in [0, 0.05) is 5.39 Å². The van der Waals surface area contributed by atoms with Gasteiger partial charge in [-0.2, -0.15) is 9.65 Å². The summed E-state index contributed by atoms with van der Waals surface area (Å²) in [6, 6.07) is 13.7. The van der Waals surface area contributed by atoms with Gasteiger partial charge in [-0.05, 0) is 42.1 Å². The highest BCUT2D eigenvalue weighted by molar-refractivity contribution is 7.13. The van der Waals surface area contributed by atoms with Gasteiger partial charge < -0.3 is 9.67 Å². The molecular formula is C20H12F2N2OS. The zero-order valence-corrected chi connectivity index (χ0v) is 14.4. The topological polar surface area (TPSA) is 49.0 Å². The van der Waals surface area contributed by atoms with Crippen LogP contribution in [0.3, 0.4) is 0 Å². The molecule has 2 aromatic carbocycles. The van der Waals surface area contributed by atoms with Crippen LogP contribution in [-0.4, -0.2) is 9.67 Å². The van der Waals surface area contributed by atoms with Crippen molar-refractivity contribution in [3.63, 3.8) is 0 Å². The van der Waals surface area contributed by atoms with Gasteiger partial charge >= 0.3 is 0 Å². The maximum atomic E-state index is 14.7. The van der Waals surface area contributed by atoms with Crippen molar-refractivity contribution in [3.8, 4) is 28.1 Å². The van der Waals surface area contributed by atoms with Gasteiger partial charge in [0.05, 0.1) is 27.3 Å². The first-order chi connectivity index (χ1) is 12.5. The number of hydrogen-bond donors (Lipinski definition) is 1. The van der Waals surface area contributed by atoms with E-state index >= 15 is 0 Å². The summed E-state index contributed by atoms with van der Waals surface area (Å²) in [4.78, 5) is 0.811. The molecule has 3 nitrogen and oxygen atoms in total. The van der Waals surface area contributed by atoms with E-state index in [-0.39, 0.29) is 5.69 Å². The molecule has 0 saturated carbocycles. The van der Waals surface area contributed by atoms with E-state index in [1.54, 1.807) is 28.8 Å². The minimum atomic E-state index is -1.31. The Morgan fingerprint density at radius 2 is 1.85 bits per heavy atom. The Bertz CT molecular complexity index is 1200. The van der Waals surface area contributed by atoms with E-state index in [0.717, 1.165) is 16.5 Å². The number of fused-ring (bicyclic) bond motifs is 1. The van der Waals surface area contributed by atoms with Crippen LogP contribution < -0.4 is 0 Å². The molecule has 128 valence electrons. The molecule has 0 aliphatic rings. The van der Waals surface area contributed by atoms with Crippen molar-refractivity contribution >= 4 is 22.2 Å². The number of thiophene rings is 1. The van der Waals surface area contributed by atoms with E-state index in [2.05, 4.69) is 6.07 Å². The van der Waals surface area contributed by atoms with Crippen molar-refractivity contribution in [1.29, 1.82) is 5.26 Å². The molecule has 0 fully saturated rings. The van der Waals surface area contributed by atoms with Gasteiger partial charge in [-0.1, -0.05) is 18.2 Å². The molecule has 0 amide bonds. The van der Waals surface area contributed by atoms with Crippen LogP contribution >= 0.6 is 11.3 Å². The molecule has 4 aromatic rings. The van der Waals surface area contributed by atoms with E-state index in [0.29, 0.717) is 22.2 Å². The number of phenols is 1. The number of para-hydroxylation sites is 1. The number of benzene rings is 2. The highest BCUT2D eigenvalue weighted by atomic mass is 32.1. The Balaban J connectivity index is 2.21. The molecule has 0 saturated heterocycles. The summed E-state index contributed by atoms with van der Waals surface area (Å²) in [7, 11) is 0. The fraction of sp³-hybridized carbons (Fsp3) is 0.0500. The van der Waals surface area contributed by atoms with E-state index < -0.39 is 17.4 Å². The summed E-state index contributed by atoms with van der Waals surface area (Å²) >= 11 is 1.43. The lowest BCUT2D eigenvalue weighted by molar-refractivity contribution is 0.406. The normalized spacial score (nSPS) is 11.0. The van der Waals surface area contributed by atoms with Crippen LogP contribution in [0.2, 0.25) is 0 Å². The standard InChI is InChI=1S/C20H12F2N2OS/c1-11-8-9-26-20(11)19-13(10-23)12-4-2-3-5-14(12)24(19)15-6-7-16(25)18(22)17(15)21/h2-9,25H,1H3. The molecule has 0 aliphatic carbocycles. The lowest BCUT2D eigenvalue weighted by Crippen LogP contribution is -2.02. The number of hydrogen-bond acceptors (Lipinski definition) is 3. The molecule has 0 unspecified atom stereocenters. The Morgan fingerprint density at radius 3 is 2.54 bits per heavy atom. The average Bonchev–Trinajstić information content (AvgIpc) is 3.20. The molecule has 0 atom stereocenters. The SMILES string of the molecule is Cc1ccsc1-c1c(C#N)c2ccccc2n1-c1ccc(O)c(F)c1F. The fourth-order valence-electron chi connectivity index (χ4n) is 3.14. The third kappa shape index (κ3) is 2.21. The predicted octanol–water partition coefficient (Wildman–Crippen LogP) is 5.52. The minimum Gasteiger partial charge on any atom is -0.505 e. The number of nitrogens with zero attached hydrogens (tertiary/aromatic N) is 2. The molecule has 0 radical (unpaired) electrons. The third-order valence-electron chi connectivity index (χ3n) is 4.35. The van der Waals surface area contributed by atoms with Crippen molar-refractivity contribution in [2.75, 3.05) is 0 Å². The number of rotatable bonds is 2. The number of aromatic hydroxyl groups is 1. The Hall–Kier alpha value is -3.17. The molecule has 4 rings (SSSR count). The van der Waals surface area contributed by atoms with Gasteiger partial charge in [-0.15, -0.1) is 11.3 Å². The molecule has 0 bridgehead atoms. The number of phenolic OH excluding ortho intramolecular Hbond substituents is 1. The highest BCUT2D eigenvalue weighted by Gasteiger charge is 2.24. The van der Waals surface area contributed by atoms with Crippen molar-refractivity contribution < 1.29 is 13.9 Å². The van der Waals surface area contributed by atoms with Gasteiger partial charge in [0.25, 0.3) is 0 Å². The fourth-order valence-corrected chi connectivity index (χ4v) is 4.10. The van der Waals surface area contributed by atoms with Crippen molar-refractivity contribution in [3.05, 3.63) is 70.6 Å². The van der Waals surface area contributed by atoms with Gasteiger partial charge in [-0.3, -0.25) is 0 Å². The Morgan fingerprint density at radius 1 is 1.08 bits per heavy atom. The van der Waals surface area contributed by atoms with Gasteiger partial charge in [0.15, 0.2) is 11.6 Å². The van der Waals surface area contributed by atoms with E-state index in [1.165, 1.54) is 17.4 Å². The summed E-state index contributed by atoms with van der Waals surface area (Å²) < 4.78 is 30.2. The lowest BCUT2D eigenvalue weighted by Gasteiger charge is -2.13. The van der Waals surface area contributed by atoms with Crippen LogP contribution in [0, 0.1) is 29.9 Å². The summed E-state index contributed by atoms with van der Waals surface area (Å²) in [5.41, 5.74) is 2.40. The summed E-state index contributed by atoms with van der Waals surface area (Å²) in [5, 5.41) is 21.8. The van der Waals surface area contributed by atoms with E-state index in [1.807, 2.05) is 18.4 Å². The minimum absolute atomic E-state index is 0.0548. The second-order valence-electron chi connectivity index (χ2n) is 5.85. The zero-order chi connectivity index (χ0) is 18.4. The summed E-state index contributed by atoms with van der Waals surface area (Å²) in [5.74, 6) is -3.23. The highest BCUT2D eigenvalue weighted by Crippen LogP contribution is 2.40. The molecule has 26 heavy (non-hydrogen) atoms. The molecule has 1 N–H and O–H groups in total. The number of nitriles is 1. The zero-order valence-electron chi connectivity index (χ0n) is 13.6. The molecular weight excluding hydrogens is 354 g/mol. The van der Waals surface area contributed by atoms with Crippen molar-refractivity contribution in [2.24, 2.45) is 0 Å². The lowest BCUT2D eigenvalue weighted by atomic mass is 10.1. The second-order valence-corrected chi connectivity index (χ2v) is 6.77. The van der Waals surface area contributed by atoms with Gasteiger partial charge in [-0.25, -0.2) is 4.39 Å². The van der Waals surface area contributed by atoms with Crippen LogP contribution in [0.4, 0.5) is 8.78 Å². The first-order valence-corrected chi connectivity index (χ1v) is 8.68. The Labute approximate surface area is 152 Å². The number of aryl methyl sites for hydroxylation is 1. The number of aromatic nitrogens is 1. The quantitative estimate of drug-likeness (QED) is 0.508. The van der Waals surface area contributed by atoms with Crippen molar-refractivity contribution in [1.82, 2.24) is 4.57 Å². The average molecular weight is 366 g/mol. The summed E-state index contributed by atoms with van der Waals surface area (Å²) in [6.45, 7) is 1.91. The largest absolute Gasteiger partial charge is 0.505 e. The molecule has 2 aromatic heterocycles. The molecule has 0 spiro atoms. The van der Waals surface area contributed by atoms with E-state index in [4.69, 9.17) is 0 Å². The maximum Gasteiger partial charge on any atom is 0.202 e. The Kier molecular flexibility index (Phi) is 3.74. The molecule has 0 aliphatic heterocycles. The van der Waals surface area contributed by atoms with Crippen LogP contribution in [-0.2, 0) is 0 Å². The summed E-state index contributed by atoms with van der Waals surface area (Å²) in [6.07, 6.45) is 0. The van der Waals surface area contributed by atoms with Crippen LogP contribution in [0.1, 0.15) is 11.1 Å². The third-order valence-corrected chi connectivity index (χ3v) is 5.37. The number of halogens is 2. The first kappa shape index (κ1) is 16.3. The van der Waals surface area contributed by atoms with Crippen LogP contribution in [0.5, 0.6) is 5.75 Å². The molecule has 2 heterocycles. The smallest absolute Gasteiger partial charge is 0.202 e. The monoisotopic (exact) mass is 366 g/mol. The van der Waals surface area contributed by atoms with Crippen LogP contribution in [0.25, 0.3) is 27.2 Å². The predicted molar refractivity (Wildman–Crippen MR) is 97.6 cm³/mol.